The van der Waals surface area contributed by atoms with Crippen LogP contribution < -0.4 is 10.1 Å². The summed E-state index contributed by atoms with van der Waals surface area (Å²) in [6.45, 7) is 1.85. The Bertz CT molecular complexity index is 1540. The van der Waals surface area contributed by atoms with Gasteiger partial charge in [-0.1, -0.05) is 12.1 Å². The Hall–Kier alpha value is -4.23. The lowest BCUT2D eigenvalue weighted by Gasteiger charge is -2.11. The van der Waals surface area contributed by atoms with Crippen LogP contribution in [-0.4, -0.2) is 38.8 Å². The Labute approximate surface area is 208 Å². The van der Waals surface area contributed by atoms with Gasteiger partial charge >= 0.3 is 12.1 Å². The van der Waals surface area contributed by atoms with Crippen LogP contribution in [-0.2, 0) is 19.6 Å². The summed E-state index contributed by atoms with van der Waals surface area (Å²) in [5.74, 6) is -1.47. The lowest BCUT2D eigenvalue weighted by Crippen LogP contribution is -2.25. The van der Waals surface area contributed by atoms with Crippen LogP contribution in [0.25, 0.3) is 17.4 Å². The number of carbonyl (C=O) groups is 2. The average molecular weight is 533 g/mol. The number of rotatable bonds is 6. The molecule has 2 heterocycles. The van der Waals surface area contributed by atoms with Gasteiger partial charge in [-0.15, -0.1) is 0 Å². The highest BCUT2D eigenvalue weighted by atomic mass is 32.2. The molecule has 2 N–H and O–H groups in total. The number of halogens is 3. The third-order valence-electron chi connectivity index (χ3n) is 5.13. The highest BCUT2D eigenvalue weighted by molar-refractivity contribution is 7.89. The molecule has 0 saturated heterocycles. The van der Waals surface area contributed by atoms with Crippen molar-refractivity contribution >= 4 is 39.4 Å². The number of alkyl halides is 3. The molecule has 0 spiro atoms. The van der Waals surface area contributed by atoms with Crippen molar-refractivity contribution in [2.75, 3.05) is 11.6 Å². The molecular formula is C24H18F3N3O6S. The highest BCUT2D eigenvalue weighted by Gasteiger charge is 2.47. The van der Waals surface area contributed by atoms with Gasteiger partial charge in [0.15, 0.2) is 5.71 Å². The van der Waals surface area contributed by atoms with Crippen molar-refractivity contribution in [1.29, 1.82) is 0 Å². The van der Waals surface area contributed by atoms with Crippen LogP contribution in [0.5, 0.6) is 0 Å². The number of ether oxygens (including phenoxy) is 1. The van der Waals surface area contributed by atoms with Crippen molar-refractivity contribution in [1.82, 2.24) is 0 Å². The molecule has 3 aromatic rings. The van der Waals surface area contributed by atoms with E-state index in [1.165, 1.54) is 18.2 Å². The summed E-state index contributed by atoms with van der Waals surface area (Å²) in [6.07, 6.45) is -4.06. The Morgan fingerprint density at radius 3 is 2.46 bits per heavy atom. The Kier molecular flexibility index (Phi) is 6.76. The molecule has 9 nitrogen and oxygen atoms in total. The first-order valence-electron chi connectivity index (χ1n) is 10.6. The van der Waals surface area contributed by atoms with Gasteiger partial charge in [-0.3, -0.25) is 4.79 Å². The predicted molar refractivity (Wildman–Crippen MR) is 127 cm³/mol. The third kappa shape index (κ3) is 5.47. The maximum atomic E-state index is 13.7. The number of furan rings is 1. The Morgan fingerprint density at radius 2 is 1.84 bits per heavy atom. The molecule has 37 heavy (non-hydrogen) atoms. The van der Waals surface area contributed by atoms with Crippen molar-refractivity contribution in [3.8, 4) is 11.3 Å². The predicted octanol–water partition coefficient (Wildman–Crippen LogP) is 4.12. The zero-order valence-corrected chi connectivity index (χ0v) is 19.8. The van der Waals surface area contributed by atoms with E-state index < -0.39 is 39.4 Å². The quantitative estimate of drug-likeness (QED) is 0.375. The van der Waals surface area contributed by atoms with E-state index in [1.54, 1.807) is 25.1 Å². The molecule has 0 radical (unpaired) electrons. The smallest absolute Gasteiger partial charge is 0.435 e. The molecular weight excluding hydrogens is 515 g/mol. The first-order valence-corrected chi connectivity index (χ1v) is 12.2. The van der Waals surface area contributed by atoms with E-state index in [4.69, 9.17) is 14.3 Å². The van der Waals surface area contributed by atoms with Gasteiger partial charge in [0.05, 0.1) is 28.3 Å². The maximum absolute atomic E-state index is 13.7. The fraction of sp³-hybridized carbons (Fsp3) is 0.125. The van der Waals surface area contributed by atoms with Crippen LogP contribution in [0.15, 0.2) is 80.7 Å². The molecule has 0 aliphatic carbocycles. The van der Waals surface area contributed by atoms with Crippen LogP contribution >= 0.6 is 0 Å². The number of nitrogens with two attached hydrogens (primary N) is 1. The van der Waals surface area contributed by atoms with Crippen LogP contribution in [0, 0.1) is 0 Å². The van der Waals surface area contributed by atoms with Crippen molar-refractivity contribution in [2.24, 2.45) is 10.2 Å². The molecule has 1 aliphatic heterocycles. The minimum atomic E-state index is -4.97. The summed E-state index contributed by atoms with van der Waals surface area (Å²) in [5.41, 5.74) is -1.59. The second-order valence-corrected chi connectivity index (χ2v) is 9.22. The highest BCUT2D eigenvalue weighted by Crippen LogP contribution is 2.34. The first-order chi connectivity index (χ1) is 17.4. The molecule has 2 aromatic carbocycles. The van der Waals surface area contributed by atoms with Crippen molar-refractivity contribution in [3.63, 3.8) is 0 Å². The average Bonchev–Trinajstić information content (AvgIpc) is 3.44. The monoisotopic (exact) mass is 533 g/mol. The van der Waals surface area contributed by atoms with Crippen molar-refractivity contribution in [3.05, 3.63) is 77.6 Å². The van der Waals surface area contributed by atoms with E-state index in [0.29, 0.717) is 10.6 Å². The van der Waals surface area contributed by atoms with E-state index in [2.05, 4.69) is 5.10 Å². The molecule has 192 valence electrons. The molecule has 0 bridgehead atoms. The second-order valence-electron chi connectivity index (χ2n) is 7.66. The molecule has 1 amide bonds. The molecule has 4 rings (SSSR count). The second kappa shape index (κ2) is 9.67. The van der Waals surface area contributed by atoms with Gasteiger partial charge in [0.1, 0.15) is 11.5 Å². The summed E-state index contributed by atoms with van der Waals surface area (Å²) in [4.78, 5) is 24.6. The van der Waals surface area contributed by atoms with Gasteiger partial charge in [-0.25, -0.2) is 18.4 Å². The summed E-state index contributed by atoms with van der Waals surface area (Å²) in [6, 6.07) is 13.4. The Balaban J connectivity index is 1.67. The van der Waals surface area contributed by atoms with Crippen molar-refractivity contribution in [2.45, 2.75) is 18.0 Å². The SMILES string of the molecule is CCOC(=O)c1cccc(-c2ccc(/C=C3\C(=O)N(c4ccc(S(N)(=O)=O)cc4)N=C3C(F)(F)F)o2)c1. The Morgan fingerprint density at radius 1 is 1.14 bits per heavy atom. The third-order valence-corrected chi connectivity index (χ3v) is 6.06. The molecule has 0 atom stereocenters. The van der Waals surface area contributed by atoms with Crippen LogP contribution in [0.3, 0.4) is 0 Å². The minimum absolute atomic E-state index is 0.0664. The maximum Gasteiger partial charge on any atom is 0.435 e. The van der Waals surface area contributed by atoms with E-state index in [0.717, 1.165) is 30.3 Å². The van der Waals surface area contributed by atoms with Crippen molar-refractivity contribution < 1.29 is 40.3 Å². The number of primary sulfonamides is 1. The lowest BCUT2D eigenvalue weighted by atomic mass is 10.1. The zero-order chi connectivity index (χ0) is 27.0. The normalized spacial score (nSPS) is 15.3. The largest absolute Gasteiger partial charge is 0.462 e. The van der Waals surface area contributed by atoms with Gasteiger partial charge < -0.3 is 9.15 Å². The van der Waals surface area contributed by atoms with Gasteiger partial charge in [0.2, 0.25) is 10.0 Å². The first kappa shape index (κ1) is 25.9. The fourth-order valence-corrected chi connectivity index (χ4v) is 3.96. The van der Waals surface area contributed by atoms with E-state index >= 15 is 0 Å². The van der Waals surface area contributed by atoms with Gasteiger partial charge in [-0.05, 0) is 61.5 Å². The van der Waals surface area contributed by atoms with Crippen LogP contribution in [0.2, 0.25) is 0 Å². The number of carbonyl (C=O) groups excluding carboxylic acids is 2. The number of anilines is 1. The van der Waals surface area contributed by atoms with Crippen LogP contribution in [0.1, 0.15) is 23.0 Å². The van der Waals surface area contributed by atoms with Gasteiger partial charge in [-0.2, -0.15) is 23.3 Å². The van der Waals surface area contributed by atoms with Gasteiger partial charge in [0.25, 0.3) is 5.91 Å². The molecule has 1 aliphatic rings. The lowest BCUT2D eigenvalue weighted by molar-refractivity contribution is -0.114. The number of sulfonamides is 1. The van der Waals surface area contributed by atoms with Gasteiger partial charge in [0, 0.05) is 5.56 Å². The summed E-state index contributed by atoms with van der Waals surface area (Å²) in [7, 11) is -4.04. The number of hydrazone groups is 1. The molecule has 0 unspecified atom stereocenters. The number of benzene rings is 2. The molecule has 1 aromatic heterocycles. The van der Waals surface area contributed by atoms with E-state index in [-0.39, 0.29) is 34.3 Å². The number of amides is 1. The summed E-state index contributed by atoms with van der Waals surface area (Å²) < 4.78 is 74.6. The minimum Gasteiger partial charge on any atom is -0.462 e. The molecule has 0 fully saturated rings. The topological polar surface area (TPSA) is 132 Å². The molecule has 0 saturated carbocycles. The number of hydrogen-bond acceptors (Lipinski definition) is 7. The molecule has 13 heteroatoms. The van der Waals surface area contributed by atoms with E-state index in [9.17, 15) is 31.2 Å². The standard InChI is InChI=1S/C24H18F3N3O6S/c1-2-35-23(32)15-5-3-4-14(12-15)20-11-8-17(36-20)13-19-21(24(25,26)27)29-30(22(19)31)16-6-9-18(10-7-16)37(28,33)34/h3-13H,2H2,1H3,(H2,28,33,34)/b19-13-. The number of esters is 1. The fourth-order valence-electron chi connectivity index (χ4n) is 3.45. The number of nitrogens with zero attached hydrogens (tertiary/aromatic N) is 2. The van der Waals surface area contributed by atoms with E-state index in [1.807, 2.05) is 0 Å². The number of hydrogen-bond donors (Lipinski definition) is 1. The summed E-state index contributed by atoms with van der Waals surface area (Å²) in [5, 5.41) is 8.96. The zero-order valence-electron chi connectivity index (χ0n) is 19.0. The summed E-state index contributed by atoms with van der Waals surface area (Å²) >= 11 is 0. The van der Waals surface area contributed by atoms with Crippen LogP contribution in [0.4, 0.5) is 18.9 Å².